The molecular weight excluding hydrogens is 212 g/mol. The van der Waals surface area contributed by atoms with E-state index < -0.39 is 0 Å². The lowest BCUT2D eigenvalue weighted by Gasteiger charge is -2.36. The van der Waals surface area contributed by atoms with Crippen LogP contribution in [-0.4, -0.2) is 49.8 Å². The second-order valence-electron chi connectivity index (χ2n) is 5.11. The molecule has 17 heavy (non-hydrogen) atoms. The van der Waals surface area contributed by atoms with Gasteiger partial charge in [0.05, 0.1) is 6.61 Å². The van der Waals surface area contributed by atoms with Gasteiger partial charge in [0.25, 0.3) is 0 Å². The lowest BCUT2D eigenvalue weighted by Crippen LogP contribution is -2.48. The van der Waals surface area contributed by atoms with E-state index in [0.717, 1.165) is 19.7 Å². The minimum Gasteiger partial charge on any atom is -0.383 e. The predicted octanol–water partition coefficient (Wildman–Crippen LogP) is 2.51. The van der Waals surface area contributed by atoms with Crippen LogP contribution in [0.4, 0.5) is 0 Å². The summed E-state index contributed by atoms with van der Waals surface area (Å²) in [6.45, 7) is 14.2. The SMILES string of the molecule is CCC(C)N(CCOC)C(CC)CNC(C)C. The number of methoxy groups -OCH3 is 1. The third-order valence-corrected chi connectivity index (χ3v) is 3.41. The highest BCUT2D eigenvalue weighted by atomic mass is 16.5. The molecule has 0 saturated carbocycles. The molecule has 0 saturated heterocycles. The van der Waals surface area contributed by atoms with E-state index in [1.54, 1.807) is 7.11 Å². The third kappa shape index (κ3) is 7.02. The Hall–Kier alpha value is -0.120. The minimum absolute atomic E-state index is 0.560. The first-order chi connectivity index (χ1) is 8.06. The van der Waals surface area contributed by atoms with Crippen LogP contribution >= 0.6 is 0 Å². The summed E-state index contributed by atoms with van der Waals surface area (Å²) in [6, 6.07) is 1.80. The molecule has 2 unspecified atom stereocenters. The quantitative estimate of drug-likeness (QED) is 0.639. The van der Waals surface area contributed by atoms with E-state index >= 15 is 0 Å². The van der Waals surface area contributed by atoms with Crippen LogP contribution in [0.2, 0.25) is 0 Å². The molecule has 0 aliphatic heterocycles. The van der Waals surface area contributed by atoms with Gasteiger partial charge in [-0.3, -0.25) is 4.90 Å². The summed E-state index contributed by atoms with van der Waals surface area (Å²) in [5, 5.41) is 3.55. The van der Waals surface area contributed by atoms with E-state index in [0.29, 0.717) is 18.1 Å². The minimum atomic E-state index is 0.560. The third-order valence-electron chi connectivity index (χ3n) is 3.41. The van der Waals surface area contributed by atoms with Crippen LogP contribution in [0.5, 0.6) is 0 Å². The first-order valence-corrected chi connectivity index (χ1v) is 7.04. The van der Waals surface area contributed by atoms with Crippen molar-refractivity contribution in [2.75, 3.05) is 26.8 Å². The summed E-state index contributed by atoms with van der Waals surface area (Å²) in [5.74, 6) is 0. The summed E-state index contributed by atoms with van der Waals surface area (Å²) in [4.78, 5) is 2.58. The smallest absolute Gasteiger partial charge is 0.0589 e. The largest absolute Gasteiger partial charge is 0.383 e. The van der Waals surface area contributed by atoms with Crippen molar-refractivity contribution in [3.05, 3.63) is 0 Å². The first-order valence-electron chi connectivity index (χ1n) is 7.04. The van der Waals surface area contributed by atoms with Gasteiger partial charge in [-0.05, 0) is 19.8 Å². The van der Waals surface area contributed by atoms with Gasteiger partial charge >= 0.3 is 0 Å². The number of nitrogens with one attached hydrogen (secondary N) is 1. The van der Waals surface area contributed by atoms with Crippen molar-refractivity contribution in [1.82, 2.24) is 10.2 Å². The zero-order chi connectivity index (χ0) is 13.3. The molecule has 0 aromatic rings. The van der Waals surface area contributed by atoms with Gasteiger partial charge in [0.2, 0.25) is 0 Å². The summed E-state index contributed by atoms with van der Waals surface area (Å²) in [6.07, 6.45) is 2.38. The number of hydrogen-bond acceptors (Lipinski definition) is 3. The van der Waals surface area contributed by atoms with E-state index in [4.69, 9.17) is 4.74 Å². The maximum absolute atomic E-state index is 5.23. The summed E-state index contributed by atoms with van der Waals surface area (Å²) < 4.78 is 5.23. The molecule has 104 valence electrons. The first kappa shape index (κ1) is 16.9. The topological polar surface area (TPSA) is 24.5 Å². The maximum Gasteiger partial charge on any atom is 0.0589 e. The second kappa shape index (κ2) is 9.86. The zero-order valence-electron chi connectivity index (χ0n) is 12.6. The van der Waals surface area contributed by atoms with Crippen molar-refractivity contribution >= 4 is 0 Å². The molecule has 0 aliphatic carbocycles. The Morgan fingerprint density at radius 2 is 1.76 bits per heavy atom. The van der Waals surface area contributed by atoms with Crippen LogP contribution in [0.3, 0.4) is 0 Å². The van der Waals surface area contributed by atoms with Gasteiger partial charge in [0.1, 0.15) is 0 Å². The van der Waals surface area contributed by atoms with E-state index in [1.807, 2.05) is 0 Å². The number of rotatable bonds is 10. The Morgan fingerprint density at radius 3 is 2.18 bits per heavy atom. The summed E-state index contributed by atoms with van der Waals surface area (Å²) in [5.41, 5.74) is 0. The van der Waals surface area contributed by atoms with Crippen LogP contribution in [0.15, 0.2) is 0 Å². The number of ether oxygens (including phenoxy) is 1. The van der Waals surface area contributed by atoms with Crippen molar-refractivity contribution < 1.29 is 4.74 Å². The molecule has 0 radical (unpaired) electrons. The van der Waals surface area contributed by atoms with Crippen molar-refractivity contribution in [3.8, 4) is 0 Å². The standard InChI is InChI=1S/C14H32N2O/c1-7-13(5)16(9-10-17-6)14(8-2)11-15-12(3)4/h12-15H,7-11H2,1-6H3. The van der Waals surface area contributed by atoms with Crippen molar-refractivity contribution in [2.45, 2.75) is 65.6 Å². The molecule has 0 amide bonds. The summed E-state index contributed by atoms with van der Waals surface area (Å²) >= 11 is 0. The molecule has 0 spiro atoms. The molecule has 3 nitrogen and oxygen atoms in total. The van der Waals surface area contributed by atoms with E-state index in [9.17, 15) is 0 Å². The Morgan fingerprint density at radius 1 is 1.12 bits per heavy atom. The molecule has 1 N–H and O–H groups in total. The van der Waals surface area contributed by atoms with Crippen LogP contribution in [-0.2, 0) is 4.74 Å². The average molecular weight is 244 g/mol. The van der Waals surface area contributed by atoms with Crippen molar-refractivity contribution in [2.24, 2.45) is 0 Å². The predicted molar refractivity (Wildman–Crippen MR) is 75.6 cm³/mol. The van der Waals surface area contributed by atoms with Crippen LogP contribution in [0.25, 0.3) is 0 Å². The molecule has 0 rings (SSSR count). The molecular formula is C14H32N2O. The fourth-order valence-electron chi connectivity index (χ4n) is 2.06. The van der Waals surface area contributed by atoms with Gasteiger partial charge < -0.3 is 10.1 Å². The molecule has 2 atom stereocenters. The molecule has 0 fully saturated rings. The average Bonchev–Trinajstić information content (AvgIpc) is 2.32. The van der Waals surface area contributed by atoms with Crippen molar-refractivity contribution in [1.29, 1.82) is 0 Å². The number of nitrogens with zero attached hydrogens (tertiary/aromatic N) is 1. The monoisotopic (exact) mass is 244 g/mol. The van der Waals surface area contributed by atoms with E-state index in [-0.39, 0.29) is 0 Å². The zero-order valence-corrected chi connectivity index (χ0v) is 12.6. The van der Waals surface area contributed by atoms with Crippen LogP contribution in [0.1, 0.15) is 47.5 Å². The fraction of sp³-hybridized carbons (Fsp3) is 1.00. The molecule has 3 heteroatoms. The van der Waals surface area contributed by atoms with Gasteiger partial charge in [0.15, 0.2) is 0 Å². The Bertz CT molecular complexity index is 174. The molecule has 0 heterocycles. The Kier molecular flexibility index (Phi) is 9.79. The lowest BCUT2D eigenvalue weighted by atomic mass is 10.1. The lowest BCUT2D eigenvalue weighted by molar-refractivity contribution is 0.0844. The fourth-order valence-corrected chi connectivity index (χ4v) is 2.06. The normalized spacial score (nSPS) is 15.5. The van der Waals surface area contributed by atoms with Crippen LogP contribution in [0, 0.1) is 0 Å². The molecule has 0 bridgehead atoms. The maximum atomic E-state index is 5.23. The summed E-state index contributed by atoms with van der Waals surface area (Å²) in [7, 11) is 1.78. The van der Waals surface area contributed by atoms with Gasteiger partial charge in [-0.2, -0.15) is 0 Å². The molecule has 0 aromatic carbocycles. The van der Waals surface area contributed by atoms with Crippen LogP contribution < -0.4 is 5.32 Å². The highest BCUT2D eigenvalue weighted by Gasteiger charge is 2.20. The highest BCUT2D eigenvalue weighted by Crippen LogP contribution is 2.11. The highest BCUT2D eigenvalue weighted by molar-refractivity contribution is 4.78. The second-order valence-corrected chi connectivity index (χ2v) is 5.11. The van der Waals surface area contributed by atoms with E-state index in [2.05, 4.69) is 44.8 Å². The molecule has 0 aromatic heterocycles. The molecule has 0 aliphatic rings. The van der Waals surface area contributed by atoms with Gasteiger partial charge in [0, 0.05) is 38.3 Å². The number of hydrogen-bond donors (Lipinski definition) is 1. The van der Waals surface area contributed by atoms with Crippen molar-refractivity contribution in [3.63, 3.8) is 0 Å². The van der Waals surface area contributed by atoms with E-state index in [1.165, 1.54) is 12.8 Å². The Labute approximate surface area is 108 Å². The van der Waals surface area contributed by atoms with Gasteiger partial charge in [-0.25, -0.2) is 0 Å². The Balaban J connectivity index is 4.37. The van der Waals surface area contributed by atoms with Gasteiger partial charge in [-0.1, -0.05) is 27.7 Å². The van der Waals surface area contributed by atoms with Gasteiger partial charge in [-0.15, -0.1) is 0 Å².